The first-order valence-corrected chi connectivity index (χ1v) is 9.30. The summed E-state index contributed by atoms with van der Waals surface area (Å²) in [5.74, 6) is 1.07. The lowest BCUT2D eigenvalue weighted by Gasteiger charge is -2.34. The SMILES string of the molecule is Cc1nn(C(C)C)c(C)c1CN1CCC(C(O)c2nccn2C)CC1. The van der Waals surface area contributed by atoms with E-state index in [-0.39, 0.29) is 5.92 Å². The molecule has 1 atom stereocenters. The van der Waals surface area contributed by atoms with Crippen LogP contribution in [-0.4, -0.2) is 42.4 Å². The van der Waals surface area contributed by atoms with Crippen LogP contribution in [0.2, 0.25) is 0 Å². The van der Waals surface area contributed by atoms with Gasteiger partial charge < -0.3 is 9.67 Å². The molecule has 1 unspecified atom stereocenters. The van der Waals surface area contributed by atoms with E-state index in [0.29, 0.717) is 6.04 Å². The Hall–Kier alpha value is -1.66. The van der Waals surface area contributed by atoms with E-state index in [1.807, 2.05) is 17.8 Å². The van der Waals surface area contributed by atoms with Crippen LogP contribution in [0, 0.1) is 19.8 Å². The number of aromatic nitrogens is 4. The maximum atomic E-state index is 10.6. The molecule has 6 heteroatoms. The molecule has 0 aliphatic carbocycles. The predicted octanol–water partition coefficient (Wildman–Crippen LogP) is 2.76. The molecule has 0 amide bonds. The molecule has 1 saturated heterocycles. The van der Waals surface area contributed by atoms with Crippen molar-refractivity contribution in [3.63, 3.8) is 0 Å². The highest BCUT2D eigenvalue weighted by Gasteiger charge is 2.29. The lowest BCUT2D eigenvalue weighted by Crippen LogP contribution is -2.35. The van der Waals surface area contributed by atoms with Gasteiger partial charge in [0.25, 0.3) is 0 Å². The number of nitrogens with zero attached hydrogens (tertiary/aromatic N) is 5. The first kappa shape index (κ1) is 18.1. The third kappa shape index (κ3) is 3.65. The van der Waals surface area contributed by atoms with E-state index in [9.17, 15) is 5.11 Å². The van der Waals surface area contributed by atoms with Crippen LogP contribution in [0.1, 0.15) is 61.6 Å². The molecule has 2 aromatic rings. The Morgan fingerprint density at radius 1 is 1.24 bits per heavy atom. The van der Waals surface area contributed by atoms with Crippen LogP contribution in [0.25, 0.3) is 0 Å². The van der Waals surface area contributed by atoms with Gasteiger partial charge >= 0.3 is 0 Å². The van der Waals surface area contributed by atoms with Crippen molar-refractivity contribution in [2.45, 2.75) is 59.2 Å². The second-order valence-corrected chi connectivity index (χ2v) is 7.64. The molecule has 6 nitrogen and oxygen atoms in total. The van der Waals surface area contributed by atoms with Crippen molar-refractivity contribution in [1.82, 2.24) is 24.2 Å². The molecule has 2 aromatic heterocycles. The number of aryl methyl sites for hydroxylation is 2. The monoisotopic (exact) mass is 345 g/mol. The lowest BCUT2D eigenvalue weighted by molar-refractivity contribution is 0.0491. The van der Waals surface area contributed by atoms with Gasteiger partial charge in [0.1, 0.15) is 11.9 Å². The zero-order valence-corrected chi connectivity index (χ0v) is 16.1. The van der Waals surface area contributed by atoms with Crippen molar-refractivity contribution in [2.75, 3.05) is 13.1 Å². The number of likely N-dealkylation sites (tertiary alicyclic amines) is 1. The number of aliphatic hydroxyl groups excluding tert-OH is 1. The normalized spacial score (nSPS) is 18.2. The van der Waals surface area contributed by atoms with Gasteiger partial charge in [0.05, 0.1) is 5.69 Å². The van der Waals surface area contributed by atoms with Crippen molar-refractivity contribution in [1.29, 1.82) is 0 Å². The van der Waals surface area contributed by atoms with Crippen LogP contribution < -0.4 is 0 Å². The molecule has 25 heavy (non-hydrogen) atoms. The lowest BCUT2D eigenvalue weighted by atomic mass is 9.90. The van der Waals surface area contributed by atoms with Crippen LogP contribution in [0.4, 0.5) is 0 Å². The molecule has 138 valence electrons. The first-order chi connectivity index (χ1) is 11.9. The van der Waals surface area contributed by atoms with Crippen molar-refractivity contribution in [3.05, 3.63) is 35.2 Å². The molecule has 0 radical (unpaired) electrons. The molecule has 0 aromatic carbocycles. The van der Waals surface area contributed by atoms with Gasteiger partial charge in [-0.1, -0.05) is 0 Å². The number of rotatable bonds is 5. The van der Waals surface area contributed by atoms with E-state index in [0.717, 1.165) is 44.0 Å². The second kappa shape index (κ2) is 7.30. The molecule has 3 rings (SSSR count). The van der Waals surface area contributed by atoms with E-state index < -0.39 is 6.10 Å². The Labute approximate surface area is 150 Å². The van der Waals surface area contributed by atoms with E-state index in [1.165, 1.54) is 11.3 Å². The van der Waals surface area contributed by atoms with Crippen molar-refractivity contribution >= 4 is 0 Å². The van der Waals surface area contributed by atoms with E-state index in [2.05, 4.69) is 42.3 Å². The molecule has 0 spiro atoms. The summed E-state index contributed by atoms with van der Waals surface area (Å²) in [5.41, 5.74) is 3.78. The average molecular weight is 345 g/mol. The molecule has 1 aliphatic rings. The minimum absolute atomic E-state index is 0.290. The maximum absolute atomic E-state index is 10.6. The highest BCUT2D eigenvalue weighted by molar-refractivity contribution is 5.25. The average Bonchev–Trinajstić information content (AvgIpc) is 3.13. The summed E-state index contributed by atoms with van der Waals surface area (Å²) >= 11 is 0. The third-order valence-corrected chi connectivity index (χ3v) is 5.55. The van der Waals surface area contributed by atoms with Crippen LogP contribution in [0.15, 0.2) is 12.4 Å². The number of aliphatic hydroxyl groups is 1. The summed E-state index contributed by atoms with van der Waals surface area (Å²) in [4.78, 5) is 6.80. The van der Waals surface area contributed by atoms with Gasteiger partial charge in [-0.15, -0.1) is 0 Å². The van der Waals surface area contributed by atoms with Gasteiger partial charge in [-0.05, 0) is 59.5 Å². The molecular weight excluding hydrogens is 314 g/mol. The first-order valence-electron chi connectivity index (χ1n) is 9.30. The van der Waals surface area contributed by atoms with E-state index in [1.54, 1.807) is 6.20 Å². The summed E-state index contributed by atoms with van der Waals surface area (Å²) < 4.78 is 4.05. The maximum Gasteiger partial charge on any atom is 0.137 e. The number of hydrogen-bond acceptors (Lipinski definition) is 4. The van der Waals surface area contributed by atoms with E-state index in [4.69, 9.17) is 5.10 Å². The van der Waals surface area contributed by atoms with E-state index >= 15 is 0 Å². The van der Waals surface area contributed by atoms with Crippen LogP contribution in [-0.2, 0) is 13.6 Å². The summed E-state index contributed by atoms with van der Waals surface area (Å²) in [6, 6.07) is 0.395. The van der Waals surface area contributed by atoms with Gasteiger partial charge in [0, 0.05) is 43.3 Å². The largest absolute Gasteiger partial charge is 0.385 e. The zero-order valence-electron chi connectivity index (χ0n) is 16.1. The van der Waals surface area contributed by atoms with Crippen LogP contribution in [0.5, 0.6) is 0 Å². The van der Waals surface area contributed by atoms with Gasteiger partial charge in [-0.2, -0.15) is 5.10 Å². The highest BCUT2D eigenvalue weighted by Crippen LogP contribution is 2.30. The second-order valence-electron chi connectivity index (χ2n) is 7.64. The Kier molecular flexibility index (Phi) is 5.29. The van der Waals surface area contributed by atoms with Crippen LogP contribution >= 0.6 is 0 Å². The molecule has 1 N–H and O–H groups in total. The standard InChI is InChI=1S/C19H31N5O/c1-13(2)24-15(4)17(14(3)21-24)12-23-9-6-16(7-10-23)18(25)19-20-8-11-22(19)5/h8,11,13,16,18,25H,6-7,9-10,12H2,1-5H3. The zero-order chi connectivity index (χ0) is 18.1. The van der Waals surface area contributed by atoms with Gasteiger partial charge in [0.15, 0.2) is 0 Å². The quantitative estimate of drug-likeness (QED) is 0.905. The molecule has 3 heterocycles. The topological polar surface area (TPSA) is 59.1 Å². The Morgan fingerprint density at radius 3 is 2.44 bits per heavy atom. The summed E-state index contributed by atoms with van der Waals surface area (Å²) in [7, 11) is 1.94. The minimum atomic E-state index is -0.464. The molecule has 1 aliphatic heterocycles. The minimum Gasteiger partial charge on any atom is -0.385 e. The van der Waals surface area contributed by atoms with Gasteiger partial charge in [0.2, 0.25) is 0 Å². The highest BCUT2D eigenvalue weighted by atomic mass is 16.3. The van der Waals surface area contributed by atoms with Gasteiger partial charge in [-0.25, -0.2) is 4.98 Å². The summed E-state index contributed by atoms with van der Waals surface area (Å²) in [6.07, 6.45) is 5.20. The van der Waals surface area contributed by atoms with Crippen LogP contribution in [0.3, 0.4) is 0 Å². The third-order valence-electron chi connectivity index (χ3n) is 5.55. The fourth-order valence-corrected chi connectivity index (χ4v) is 3.95. The van der Waals surface area contributed by atoms with Crippen molar-refractivity contribution in [3.8, 4) is 0 Å². The molecule has 0 bridgehead atoms. The fraction of sp³-hybridized carbons (Fsp3) is 0.684. The Bertz CT molecular complexity index is 709. The predicted molar refractivity (Wildman–Crippen MR) is 98.3 cm³/mol. The molecule has 0 saturated carbocycles. The Morgan fingerprint density at radius 2 is 1.92 bits per heavy atom. The smallest absolute Gasteiger partial charge is 0.137 e. The number of hydrogen-bond donors (Lipinski definition) is 1. The summed E-state index contributed by atoms with van der Waals surface area (Å²) in [6.45, 7) is 11.6. The number of piperidine rings is 1. The van der Waals surface area contributed by atoms with Crippen molar-refractivity contribution in [2.24, 2.45) is 13.0 Å². The van der Waals surface area contributed by atoms with Gasteiger partial charge in [-0.3, -0.25) is 9.58 Å². The molecular formula is C19H31N5O. The Balaban J connectivity index is 1.61. The van der Waals surface area contributed by atoms with Crippen molar-refractivity contribution < 1.29 is 5.11 Å². The fourth-order valence-electron chi connectivity index (χ4n) is 3.95. The molecule has 1 fully saturated rings. The number of imidazole rings is 1. The summed E-state index contributed by atoms with van der Waals surface area (Å²) in [5, 5.41) is 15.3.